The molecule has 282 valence electrons. The molecule has 0 saturated carbocycles. The number of esters is 1. The Balaban J connectivity index is 1.21. The lowest BCUT2D eigenvalue weighted by molar-refractivity contribution is -0.154. The number of thioether (sulfide) groups is 2. The minimum atomic E-state index is -1.01. The van der Waals surface area contributed by atoms with Gasteiger partial charge in [-0.05, 0) is 60.0 Å². The summed E-state index contributed by atoms with van der Waals surface area (Å²) in [6, 6.07) is 20.7. The summed E-state index contributed by atoms with van der Waals surface area (Å²) in [6.45, 7) is 5.22. The molecule has 2 aromatic heterocycles. The molecule has 1 fully saturated rings. The standard InChI is InChI=1S/C36H38N8O8S2/c1-36(2,3)52-35(48)37-18-24-16-17-25(50-24)26(40-49-5)30(45)38-27-31(46)44-28(23(19-53-32(27)44)20-54-34-39-41-42-43(34)4)33(47)51-29(21-12-8-6-9-13-21)22-14-10-7-11-15-22/h6-17,27,29,32H,18-20H2,1-5H3,(H,37,48)(H,38,45)/b40-26+/t27-,32-/m1/s1. The summed E-state index contributed by atoms with van der Waals surface area (Å²) in [5.74, 6) is -0.914. The number of tetrazole rings is 1. The van der Waals surface area contributed by atoms with Crippen molar-refractivity contribution >= 4 is 53.1 Å². The average molecular weight is 775 g/mol. The molecule has 1 saturated heterocycles. The predicted octanol–water partition coefficient (Wildman–Crippen LogP) is 3.96. The fourth-order valence-corrected chi connectivity index (χ4v) is 7.93. The first kappa shape index (κ1) is 38.1. The summed E-state index contributed by atoms with van der Waals surface area (Å²) in [4.78, 5) is 60.3. The van der Waals surface area contributed by atoms with Crippen LogP contribution in [-0.4, -0.2) is 90.3 Å². The molecule has 2 atom stereocenters. The van der Waals surface area contributed by atoms with Gasteiger partial charge >= 0.3 is 12.1 Å². The molecule has 0 radical (unpaired) electrons. The van der Waals surface area contributed by atoms with Crippen molar-refractivity contribution in [2.45, 2.75) is 55.6 Å². The Morgan fingerprint density at radius 2 is 1.74 bits per heavy atom. The molecule has 0 unspecified atom stereocenters. The second-order valence-corrected chi connectivity index (χ2v) is 15.1. The summed E-state index contributed by atoms with van der Waals surface area (Å²) in [5, 5.41) is 20.7. The molecule has 54 heavy (non-hydrogen) atoms. The highest BCUT2D eigenvalue weighted by atomic mass is 32.2. The molecule has 2 aromatic carbocycles. The number of nitrogens with zero attached hydrogens (tertiary/aromatic N) is 6. The van der Waals surface area contributed by atoms with E-state index in [4.69, 9.17) is 18.7 Å². The van der Waals surface area contributed by atoms with Crippen molar-refractivity contribution in [3.05, 3.63) is 107 Å². The van der Waals surface area contributed by atoms with Gasteiger partial charge in [0.1, 0.15) is 35.6 Å². The number of benzene rings is 2. The minimum absolute atomic E-state index is 0.0139. The number of β-lactam (4-membered cyclic amide) rings is 1. The van der Waals surface area contributed by atoms with E-state index in [1.54, 1.807) is 33.9 Å². The predicted molar refractivity (Wildman–Crippen MR) is 198 cm³/mol. The fraction of sp³-hybridized carbons (Fsp3) is 0.333. The molecule has 16 nitrogen and oxygen atoms in total. The number of alkyl carbamates (subject to hydrolysis) is 1. The van der Waals surface area contributed by atoms with Gasteiger partial charge in [-0.2, -0.15) is 0 Å². The van der Waals surface area contributed by atoms with E-state index in [-0.39, 0.29) is 23.7 Å². The lowest BCUT2D eigenvalue weighted by Gasteiger charge is -2.49. The van der Waals surface area contributed by atoms with Crippen LogP contribution in [0.5, 0.6) is 0 Å². The highest BCUT2D eigenvalue weighted by Gasteiger charge is 2.55. The largest absolute Gasteiger partial charge is 0.457 e. The van der Waals surface area contributed by atoms with E-state index >= 15 is 0 Å². The van der Waals surface area contributed by atoms with Crippen LogP contribution in [0.4, 0.5) is 4.79 Å². The first-order valence-electron chi connectivity index (χ1n) is 16.7. The molecule has 0 spiro atoms. The number of nitrogens with one attached hydrogen (secondary N) is 2. The van der Waals surface area contributed by atoms with E-state index < -0.39 is 47.0 Å². The van der Waals surface area contributed by atoms with Crippen LogP contribution in [0.2, 0.25) is 0 Å². The van der Waals surface area contributed by atoms with Crippen LogP contribution < -0.4 is 10.6 Å². The monoisotopic (exact) mass is 774 g/mol. The van der Waals surface area contributed by atoms with E-state index in [0.717, 1.165) is 11.1 Å². The zero-order valence-electron chi connectivity index (χ0n) is 30.0. The highest BCUT2D eigenvalue weighted by Crippen LogP contribution is 2.42. The number of aryl methyl sites for hydroxylation is 1. The third kappa shape index (κ3) is 8.77. The van der Waals surface area contributed by atoms with Gasteiger partial charge in [-0.1, -0.05) is 77.6 Å². The first-order chi connectivity index (χ1) is 25.9. The van der Waals surface area contributed by atoms with Crippen molar-refractivity contribution in [2.75, 3.05) is 18.6 Å². The van der Waals surface area contributed by atoms with Crippen molar-refractivity contribution in [1.29, 1.82) is 0 Å². The van der Waals surface area contributed by atoms with Crippen LogP contribution in [0.3, 0.4) is 0 Å². The van der Waals surface area contributed by atoms with Crippen LogP contribution in [-0.2, 0) is 42.3 Å². The van der Waals surface area contributed by atoms with Crippen LogP contribution in [0, 0.1) is 0 Å². The molecular formula is C36H38N8O8S2. The molecule has 0 bridgehead atoms. The SMILES string of the molecule is CO/N=C(/C(=O)N[C@@H]1C(=O)N2C(C(=O)OC(c3ccccc3)c3ccccc3)=C(CSc3nnnn3C)CS[C@H]12)c1ccc(CNC(=O)OC(C)(C)C)o1. The van der Waals surface area contributed by atoms with Gasteiger partial charge in [0, 0.05) is 18.6 Å². The lowest BCUT2D eigenvalue weighted by atomic mass is 10.0. The number of carbonyl (C=O) groups is 4. The first-order valence-corrected chi connectivity index (χ1v) is 18.8. The third-order valence-electron chi connectivity index (χ3n) is 8.01. The Morgan fingerprint density at radius 3 is 2.35 bits per heavy atom. The lowest BCUT2D eigenvalue weighted by Crippen LogP contribution is -2.71. The number of fused-ring (bicyclic) bond motifs is 1. The third-order valence-corrected chi connectivity index (χ3v) is 10.4. The maximum Gasteiger partial charge on any atom is 0.408 e. The number of rotatable bonds is 13. The van der Waals surface area contributed by atoms with Crippen molar-refractivity contribution in [3.8, 4) is 0 Å². The fourth-order valence-electron chi connectivity index (χ4n) is 5.60. The van der Waals surface area contributed by atoms with Gasteiger partial charge in [-0.25, -0.2) is 14.3 Å². The zero-order valence-corrected chi connectivity index (χ0v) is 31.7. The molecular weight excluding hydrogens is 737 g/mol. The maximum atomic E-state index is 14.3. The normalized spacial score (nSPS) is 17.1. The van der Waals surface area contributed by atoms with E-state index in [1.807, 2.05) is 60.7 Å². The number of oxime groups is 1. The smallest absolute Gasteiger partial charge is 0.408 e. The summed E-state index contributed by atoms with van der Waals surface area (Å²) < 4.78 is 18.8. The molecule has 4 heterocycles. The highest BCUT2D eigenvalue weighted by molar-refractivity contribution is 8.01. The minimum Gasteiger partial charge on any atom is -0.457 e. The van der Waals surface area contributed by atoms with Gasteiger partial charge in [0.2, 0.25) is 10.9 Å². The number of ether oxygens (including phenoxy) is 2. The Kier molecular flexibility index (Phi) is 11.7. The number of amides is 3. The average Bonchev–Trinajstić information content (AvgIpc) is 3.81. The molecule has 2 aliphatic rings. The van der Waals surface area contributed by atoms with E-state index in [0.29, 0.717) is 28.0 Å². The quantitative estimate of drug-likeness (QED) is 0.0653. The van der Waals surface area contributed by atoms with E-state index in [2.05, 4.69) is 31.3 Å². The Hall–Kier alpha value is -5.62. The van der Waals surface area contributed by atoms with Crippen molar-refractivity contribution in [1.82, 2.24) is 35.7 Å². The second kappa shape index (κ2) is 16.6. The molecule has 2 N–H and O–H groups in total. The maximum absolute atomic E-state index is 14.3. The molecule has 6 rings (SSSR count). The van der Waals surface area contributed by atoms with Crippen LogP contribution in [0.25, 0.3) is 0 Å². The van der Waals surface area contributed by atoms with Gasteiger partial charge in [0.25, 0.3) is 11.8 Å². The van der Waals surface area contributed by atoms with Crippen LogP contribution in [0.15, 0.2) is 98.8 Å². The van der Waals surface area contributed by atoms with Crippen LogP contribution in [0.1, 0.15) is 49.5 Å². The van der Waals surface area contributed by atoms with Gasteiger partial charge in [-0.15, -0.1) is 16.9 Å². The Morgan fingerprint density at radius 1 is 1.06 bits per heavy atom. The van der Waals surface area contributed by atoms with Gasteiger partial charge < -0.3 is 29.4 Å². The topological polar surface area (TPSA) is 192 Å². The molecule has 3 amide bonds. The van der Waals surface area contributed by atoms with Gasteiger partial charge in [-0.3, -0.25) is 14.5 Å². The summed E-state index contributed by atoms with van der Waals surface area (Å²) in [6.07, 6.45) is -1.39. The van der Waals surface area contributed by atoms with Gasteiger partial charge in [0.15, 0.2) is 11.9 Å². The molecule has 2 aliphatic heterocycles. The van der Waals surface area contributed by atoms with Crippen molar-refractivity contribution < 1.29 is 37.9 Å². The summed E-state index contributed by atoms with van der Waals surface area (Å²) in [5.41, 5.74) is 1.36. The number of furan rings is 1. The zero-order chi connectivity index (χ0) is 38.4. The van der Waals surface area contributed by atoms with E-state index in [1.165, 1.54) is 46.3 Å². The molecule has 4 aromatic rings. The molecule has 18 heteroatoms. The van der Waals surface area contributed by atoms with Gasteiger partial charge in [0.05, 0.1) is 6.54 Å². The van der Waals surface area contributed by atoms with E-state index in [9.17, 15) is 19.2 Å². The Bertz CT molecular complexity index is 2020. The number of hydrogen-bond donors (Lipinski definition) is 2. The Labute approximate surface area is 319 Å². The summed E-state index contributed by atoms with van der Waals surface area (Å²) >= 11 is 2.71. The number of carbonyl (C=O) groups excluding carboxylic acids is 4. The second-order valence-electron chi connectivity index (χ2n) is 13.0. The summed E-state index contributed by atoms with van der Waals surface area (Å²) in [7, 11) is 2.98. The number of aromatic nitrogens is 4. The van der Waals surface area contributed by atoms with Crippen molar-refractivity contribution in [2.24, 2.45) is 12.2 Å². The van der Waals surface area contributed by atoms with Crippen molar-refractivity contribution in [3.63, 3.8) is 0 Å². The van der Waals surface area contributed by atoms with Crippen LogP contribution >= 0.6 is 23.5 Å². The molecule has 0 aliphatic carbocycles. The number of hydrogen-bond acceptors (Lipinski definition) is 14.